The zero-order chi connectivity index (χ0) is 17.5. The van der Waals surface area contributed by atoms with E-state index in [0.29, 0.717) is 5.16 Å². The lowest BCUT2D eigenvalue weighted by molar-refractivity contribution is -0.118. The van der Waals surface area contributed by atoms with E-state index in [1.807, 2.05) is 54.6 Å². The topological polar surface area (TPSA) is 85.1 Å². The number of tetrazole rings is 1. The summed E-state index contributed by atoms with van der Waals surface area (Å²) in [5.41, 5.74) is 4.22. The van der Waals surface area contributed by atoms with Crippen LogP contribution in [0.2, 0.25) is 0 Å². The molecular weight excluding hydrogens is 404 g/mol. The highest BCUT2D eigenvalue weighted by Crippen LogP contribution is 2.17. The number of hydrogen-bond donors (Lipinski definition) is 1. The van der Waals surface area contributed by atoms with Crippen molar-refractivity contribution >= 4 is 39.8 Å². The minimum Gasteiger partial charge on any atom is -0.272 e. The second-order valence-electron chi connectivity index (χ2n) is 4.84. The Labute approximate surface area is 156 Å². The smallest absolute Gasteiger partial charge is 0.250 e. The summed E-state index contributed by atoms with van der Waals surface area (Å²) in [5.74, 6) is -0.0776. The molecule has 2 aromatic carbocycles. The van der Waals surface area contributed by atoms with Gasteiger partial charge in [-0.3, -0.25) is 4.79 Å². The van der Waals surface area contributed by atoms with Gasteiger partial charge in [0.05, 0.1) is 17.7 Å². The van der Waals surface area contributed by atoms with Crippen molar-refractivity contribution in [1.29, 1.82) is 0 Å². The van der Waals surface area contributed by atoms with Crippen LogP contribution in [0.15, 0.2) is 69.3 Å². The van der Waals surface area contributed by atoms with Crippen molar-refractivity contribution in [3.05, 3.63) is 64.6 Å². The van der Waals surface area contributed by atoms with Crippen LogP contribution in [-0.2, 0) is 4.79 Å². The SMILES string of the molecule is O=C(CSc1nnnn1-c1ccccc1)N/N=C\c1ccc(Br)cc1. The molecule has 1 amide bonds. The number of carbonyl (C=O) groups excluding carboxylic acids is 1. The predicted molar refractivity (Wildman–Crippen MR) is 99.8 cm³/mol. The van der Waals surface area contributed by atoms with Gasteiger partial charge in [-0.25, -0.2) is 5.43 Å². The predicted octanol–water partition coefficient (Wildman–Crippen LogP) is 2.67. The molecule has 0 saturated heterocycles. The second-order valence-corrected chi connectivity index (χ2v) is 6.70. The molecule has 0 fully saturated rings. The van der Waals surface area contributed by atoms with Crippen LogP contribution < -0.4 is 5.43 Å². The van der Waals surface area contributed by atoms with Crippen molar-refractivity contribution in [1.82, 2.24) is 25.6 Å². The molecule has 0 aliphatic heterocycles. The van der Waals surface area contributed by atoms with Gasteiger partial charge in [-0.2, -0.15) is 9.78 Å². The molecule has 0 aliphatic carbocycles. The quantitative estimate of drug-likeness (QED) is 0.379. The summed E-state index contributed by atoms with van der Waals surface area (Å²) >= 11 is 4.60. The molecule has 126 valence electrons. The van der Waals surface area contributed by atoms with E-state index in [0.717, 1.165) is 15.7 Å². The van der Waals surface area contributed by atoms with Gasteiger partial charge in [0.2, 0.25) is 5.16 Å². The van der Waals surface area contributed by atoms with E-state index < -0.39 is 0 Å². The first-order valence-corrected chi connectivity index (χ1v) is 9.04. The van der Waals surface area contributed by atoms with Crippen LogP contribution in [0.3, 0.4) is 0 Å². The minimum absolute atomic E-state index is 0.158. The molecule has 9 heteroatoms. The van der Waals surface area contributed by atoms with Crippen LogP contribution in [-0.4, -0.2) is 38.1 Å². The van der Waals surface area contributed by atoms with Gasteiger partial charge in [0.1, 0.15) is 0 Å². The van der Waals surface area contributed by atoms with E-state index in [-0.39, 0.29) is 11.7 Å². The maximum absolute atomic E-state index is 11.9. The summed E-state index contributed by atoms with van der Waals surface area (Å²) in [5, 5.41) is 16.0. The van der Waals surface area contributed by atoms with Gasteiger partial charge < -0.3 is 0 Å². The molecule has 1 heterocycles. The number of hydrogen-bond acceptors (Lipinski definition) is 6. The Bertz CT molecular complexity index is 866. The molecule has 1 N–H and O–H groups in total. The fourth-order valence-corrected chi connectivity index (χ4v) is 2.84. The van der Waals surface area contributed by atoms with Gasteiger partial charge in [0, 0.05) is 4.47 Å². The number of rotatable bonds is 6. The van der Waals surface area contributed by atoms with Crippen molar-refractivity contribution in [2.75, 3.05) is 5.75 Å². The highest BCUT2D eigenvalue weighted by Gasteiger charge is 2.10. The van der Waals surface area contributed by atoms with Gasteiger partial charge in [-0.1, -0.05) is 58.0 Å². The van der Waals surface area contributed by atoms with Crippen molar-refractivity contribution in [3.8, 4) is 5.69 Å². The lowest BCUT2D eigenvalue weighted by atomic mass is 10.2. The lowest BCUT2D eigenvalue weighted by Crippen LogP contribution is -2.20. The Morgan fingerprint density at radius 3 is 2.72 bits per heavy atom. The van der Waals surface area contributed by atoms with Gasteiger partial charge in [-0.05, 0) is 40.3 Å². The zero-order valence-electron chi connectivity index (χ0n) is 12.9. The Balaban J connectivity index is 1.53. The highest BCUT2D eigenvalue weighted by atomic mass is 79.9. The molecule has 0 radical (unpaired) electrons. The molecule has 0 atom stereocenters. The number of nitrogens with one attached hydrogen (secondary N) is 1. The van der Waals surface area contributed by atoms with E-state index in [1.54, 1.807) is 10.9 Å². The molecule has 7 nitrogen and oxygen atoms in total. The molecule has 25 heavy (non-hydrogen) atoms. The first-order chi connectivity index (χ1) is 12.2. The number of benzene rings is 2. The minimum atomic E-state index is -0.235. The third kappa shape index (κ3) is 4.97. The number of amides is 1. The van der Waals surface area contributed by atoms with E-state index in [9.17, 15) is 4.79 Å². The van der Waals surface area contributed by atoms with E-state index >= 15 is 0 Å². The van der Waals surface area contributed by atoms with Crippen LogP contribution in [0.1, 0.15) is 5.56 Å². The third-order valence-corrected chi connectivity index (χ3v) is 4.49. The third-order valence-electron chi connectivity index (χ3n) is 3.05. The Kier molecular flexibility index (Phi) is 5.91. The fraction of sp³-hybridized carbons (Fsp3) is 0.0625. The van der Waals surface area contributed by atoms with Crippen molar-refractivity contribution in [2.45, 2.75) is 5.16 Å². The van der Waals surface area contributed by atoms with Crippen molar-refractivity contribution in [3.63, 3.8) is 0 Å². The number of carbonyl (C=O) groups is 1. The summed E-state index contributed by atoms with van der Waals surface area (Å²) in [7, 11) is 0. The van der Waals surface area contributed by atoms with Gasteiger partial charge >= 0.3 is 0 Å². The molecule has 1 aromatic heterocycles. The van der Waals surface area contributed by atoms with Gasteiger partial charge in [0.25, 0.3) is 5.91 Å². The summed E-state index contributed by atoms with van der Waals surface area (Å²) in [4.78, 5) is 11.9. The van der Waals surface area contributed by atoms with Crippen LogP contribution in [0.5, 0.6) is 0 Å². The first kappa shape index (κ1) is 17.3. The first-order valence-electron chi connectivity index (χ1n) is 7.26. The van der Waals surface area contributed by atoms with Crippen LogP contribution in [0.4, 0.5) is 0 Å². The zero-order valence-corrected chi connectivity index (χ0v) is 15.3. The fourth-order valence-electron chi connectivity index (χ4n) is 1.89. The van der Waals surface area contributed by atoms with Crippen molar-refractivity contribution in [2.24, 2.45) is 5.10 Å². The summed E-state index contributed by atoms with van der Waals surface area (Å²) in [6, 6.07) is 17.1. The summed E-state index contributed by atoms with van der Waals surface area (Å²) < 4.78 is 2.57. The molecule has 0 unspecified atom stereocenters. The van der Waals surface area contributed by atoms with Gasteiger partial charge in [-0.15, -0.1) is 5.10 Å². The second kappa shape index (κ2) is 8.54. The number of para-hydroxylation sites is 1. The number of thioether (sulfide) groups is 1. The highest BCUT2D eigenvalue weighted by molar-refractivity contribution is 9.10. The maximum atomic E-state index is 11.9. The number of hydrazone groups is 1. The average Bonchev–Trinajstić information content (AvgIpc) is 3.11. The van der Waals surface area contributed by atoms with E-state index in [1.165, 1.54) is 11.8 Å². The van der Waals surface area contributed by atoms with Crippen LogP contribution >= 0.6 is 27.7 Å². The summed E-state index contributed by atoms with van der Waals surface area (Å²) in [6.45, 7) is 0. The number of halogens is 1. The molecule has 0 aliphatic rings. The molecule has 0 saturated carbocycles. The Morgan fingerprint density at radius 1 is 1.20 bits per heavy atom. The lowest BCUT2D eigenvalue weighted by Gasteiger charge is -2.03. The monoisotopic (exact) mass is 416 g/mol. The largest absolute Gasteiger partial charge is 0.272 e. The molecule has 0 spiro atoms. The Morgan fingerprint density at radius 2 is 1.96 bits per heavy atom. The van der Waals surface area contributed by atoms with Crippen LogP contribution in [0.25, 0.3) is 5.69 Å². The standard InChI is InChI=1S/C16H13BrN6OS/c17-13-8-6-12(7-9-13)10-18-19-15(24)11-25-16-20-21-22-23(16)14-4-2-1-3-5-14/h1-10H,11H2,(H,19,24)/b18-10-. The number of aromatic nitrogens is 4. The summed E-state index contributed by atoms with van der Waals surface area (Å²) in [6.07, 6.45) is 1.59. The van der Waals surface area contributed by atoms with E-state index in [2.05, 4.69) is 42.0 Å². The van der Waals surface area contributed by atoms with Crippen molar-refractivity contribution < 1.29 is 4.79 Å². The van der Waals surface area contributed by atoms with E-state index in [4.69, 9.17) is 0 Å². The van der Waals surface area contributed by atoms with Gasteiger partial charge in [0.15, 0.2) is 0 Å². The molecule has 3 rings (SSSR count). The number of nitrogens with zero attached hydrogens (tertiary/aromatic N) is 5. The molecular formula is C16H13BrN6OS. The molecule has 3 aromatic rings. The maximum Gasteiger partial charge on any atom is 0.250 e. The Hall–Kier alpha value is -2.52. The normalized spacial score (nSPS) is 10.9. The van der Waals surface area contributed by atoms with Crippen LogP contribution in [0, 0.1) is 0 Å². The molecule has 0 bridgehead atoms. The average molecular weight is 417 g/mol.